The van der Waals surface area contributed by atoms with Gasteiger partial charge in [0.05, 0.1) is 25.7 Å². The van der Waals surface area contributed by atoms with E-state index in [0.29, 0.717) is 29.4 Å². The van der Waals surface area contributed by atoms with Gasteiger partial charge in [0, 0.05) is 42.5 Å². The van der Waals surface area contributed by atoms with Crippen LogP contribution in [0.25, 0.3) is 0 Å². The molecular weight excluding hydrogens is 398 g/mol. The van der Waals surface area contributed by atoms with Gasteiger partial charge < -0.3 is 19.2 Å². The molecule has 2 aromatic rings. The third kappa shape index (κ3) is 3.04. The minimum Gasteiger partial charge on any atom is -0.377 e. The van der Waals surface area contributed by atoms with E-state index in [1.54, 1.807) is 16.2 Å². The molecule has 0 unspecified atom stereocenters. The van der Waals surface area contributed by atoms with E-state index in [0.717, 1.165) is 0 Å². The topological polar surface area (TPSA) is 48.2 Å². The van der Waals surface area contributed by atoms with Crippen molar-refractivity contribution >= 4 is 18.1 Å². The predicted molar refractivity (Wildman–Crippen MR) is 93.4 cm³/mol. The summed E-state index contributed by atoms with van der Waals surface area (Å²) in [7, 11) is 1.71. The van der Waals surface area contributed by atoms with Crippen molar-refractivity contribution in [3.8, 4) is 0 Å². The van der Waals surface area contributed by atoms with E-state index in [-0.39, 0.29) is 37.4 Å². The molecule has 1 fully saturated rings. The first-order chi connectivity index (χ1) is 13.3. The van der Waals surface area contributed by atoms with Crippen LogP contribution in [0.5, 0.6) is 0 Å². The molecule has 10 heteroatoms. The van der Waals surface area contributed by atoms with E-state index in [1.807, 2.05) is 0 Å². The normalized spacial score (nSPS) is 18.8. The van der Waals surface area contributed by atoms with Crippen LogP contribution in [-0.4, -0.2) is 34.3 Å². The average molecular weight is 415 g/mol. The van der Waals surface area contributed by atoms with Crippen molar-refractivity contribution in [1.29, 1.82) is 0 Å². The minimum absolute atomic E-state index is 0.0253. The highest BCUT2D eigenvalue weighted by Gasteiger charge is 2.34. The molecule has 2 aliphatic rings. The van der Waals surface area contributed by atoms with E-state index in [1.165, 1.54) is 0 Å². The maximum atomic E-state index is 14.2. The van der Waals surface area contributed by atoms with Crippen molar-refractivity contribution < 1.29 is 27.1 Å². The third-order valence-electron chi connectivity index (χ3n) is 5.31. The number of imidazole rings is 1. The second kappa shape index (κ2) is 7.00. The molecular formula is C18H17F4N3O2S. The monoisotopic (exact) mass is 415 g/mol. The Hall–Kier alpha value is -2.20. The molecule has 1 amide bonds. The lowest BCUT2D eigenvalue weighted by molar-refractivity contribution is -0.124. The van der Waals surface area contributed by atoms with E-state index >= 15 is 0 Å². The molecule has 5 nitrogen and oxygen atoms in total. The first-order valence-corrected chi connectivity index (χ1v) is 9.16. The zero-order chi connectivity index (χ0) is 20.2. The third-order valence-corrected chi connectivity index (χ3v) is 5.80. The summed E-state index contributed by atoms with van der Waals surface area (Å²) in [5.41, 5.74) is 0.629. The first kappa shape index (κ1) is 19.1. The number of halogens is 4. The molecule has 150 valence electrons. The molecule has 1 atom stereocenters. The maximum Gasteiger partial charge on any atom is 0.226 e. The highest BCUT2D eigenvalue weighted by atomic mass is 32.1. The Bertz CT molecular complexity index is 1000. The Morgan fingerprint density at radius 3 is 2.46 bits per heavy atom. The van der Waals surface area contributed by atoms with E-state index in [2.05, 4.69) is 5.32 Å². The average Bonchev–Trinajstić information content (AvgIpc) is 3.12. The summed E-state index contributed by atoms with van der Waals surface area (Å²) in [5, 5.41) is 2.83. The van der Waals surface area contributed by atoms with Gasteiger partial charge in [-0.25, -0.2) is 17.6 Å². The van der Waals surface area contributed by atoms with Crippen LogP contribution in [0.3, 0.4) is 0 Å². The van der Waals surface area contributed by atoms with Gasteiger partial charge in [0.15, 0.2) is 28.0 Å². The van der Waals surface area contributed by atoms with Gasteiger partial charge in [-0.1, -0.05) is 0 Å². The lowest BCUT2D eigenvalue weighted by atomic mass is 9.94. The molecule has 0 saturated carbocycles. The van der Waals surface area contributed by atoms with Gasteiger partial charge in [-0.2, -0.15) is 0 Å². The molecule has 0 radical (unpaired) electrons. The van der Waals surface area contributed by atoms with Crippen LogP contribution >= 0.6 is 12.2 Å². The summed E-state index contributed by atoms with van der Waals surface area (Å²) in [6.45, 7) is 1.00. The maximum absolute atomic E-state index is 14.2. The van der Waals surface area contributed by atoms with Crippen LogP contribution in [0.2, 0.25) is 0 Å². The Kier molecular flexibility index (Phi) is 4.78. The number of carbonyl (C=O) groups excluding carboxylic acids is 1. The molecule has 3 heterocycles. The van der Waals surface area contributed by atoms with Gasteiger partial charge in [-0.3, -0.25) is 4.79 Å². The largest absolute Gasteiger partial charge is 0.377 e. The van der Waals surface area contributed by atoms with Crippen LogP contribution in [-0.2, 0) is 36.0 Å². The summed E-state index contributed by atoms with van der Waals surface area (Å²) in [6, 6.07) is 0.171. The highest BCUT2D eigenvalue weighted by Crippen LogP contribution is 2.36. The highest BCUT2D eigenvalue weighted by molar-refractivity contribution is 7.71. The summed E-state index contributed by atoms with van der Waals surface area (Å²) in [6.07, 6.45) is 0.157. The number of carbonyl (C=O) groups is 1. The quantitative estimate of drug-likeness (QED) is 0.474. The number of aromatic nitrogens is 2. The fourth-order valence-electron chi connectivity index (χ4n) is 3.81. The predicted octanol–water partition coefficient (Wildman–Crippen LogP) is 2.51. The molecule has 1 saturated heterocycles. The van der Waals surface area contributed by atoms with Gasteiger partial charge in [0.25, 0.3) is 0 Å². The van der Waals surface area contributed by atoms with Crippen molar-refractivity contribution in [3.05, 3.63) is 51.1 Å². The number of nitrogens with one attached hydrogen (secondary N) is 1. The van der Waals surface area contributed by atoms with Crippen LogP contribution in [0.1, 0.15) is 22.9 Å². The van der Waals surface area contributed by atoms with Gasteiger partial charge in [-0.05, 0) is 18.6 Å². The summed E-state index contributed by atoms with van der Waals surface area (Å²) in [5.74, 6) is -6.69. The van der Waals surface area contributed by atoms with Crippen molar-refractivity contribution in [3.63, 3.8) is 0 Å². The fraction of sp³-hybridized carbons (Fsp3) is 0.444. The number of ether oxygens (including phenoxy) is 1. The molecule has 0 bridgehead atoms. The molecule has 1 aromatic carbocycles. The van der Waals surface area contributed by atoms with Crippen LogP contribution in [0, 0.1) is 28.0 Å². The zero-order valence-electron chi connectivity index (χ0n) is 14.9. The van der Waals surface area contributed by atoms with Gasteiger partial charge >= 0.3 is 0 Å². The number of fused-ring (bicyclic) bond motifs is 1. The molecule has 0 spiro atoms. The van der Waals surface area contributed by atoms with E-state index in [9.17, 15) is 22.4 Å². The molecule has 1 N–H and O–H groups in total. The number of amides is 1. The molecule has 28 heavy (non-hydrogen) atoms. The molecule has 1 aromatic heterocycles. The van der Waals surface area contributed by atoms with Crippen LogP contribution < -0.4 is 5.32 Å². The number of nitrogens with zero attached hydrogens (tertiary/aromatic N) is 2. The minimum atomic E-state index is -1.43. The first-order valence-electron chi connectivity index (χ1n) is 8.75. The lowest BCUT2D eigenvalue weighted by Crippen LogP contribution is -2.49. The van der Waals surface area contributed by atoms with Crippen molar-refractivity contribution in [1.82, 2.24) is 14.5 Å². The molecule has 4 rings (SSSR count). The van der Waals surface area contributed by atoms with Gasteiger partial charge in [-0.15, -0.1) is 0 Å². The second-order valence-electron chi connectivity index (χ2n) is 7.11. The molecule has 2 aliphatic heterocycles. The Balaban J connectivity index is 1.64. The molecule has 0 aliphatic carbocycles. The van der Waals surface area contributed by atoms with Gasteiger partial charge in [0.1, 0.15) is 0 Å². The Morgan fingerprint density at radius 1 is 1.25 bits per heavy atom. The SMILES string of the molecule is Cn1c(CC(=O)NC2COC2)c2n(c1=S)C[C@@H](c1c(F)c(F)cc(F)c1F)C2. The van der Waals surface area contributed by atoms with Crippen molar-refractivity contribution in [2.45, 2.75) is 31.3 Å². The zero-order valence-corrected chi connectivity index (χ0v) is 15.7. The van der Waals surface area contributed by atoms with Crippen molar-refractivity contribution in [2.24, 2.45) is 7.05 Å². The van der Waals surface area contributed by atoms with Crippen LogP contribution in [0.15, 0.2) is 6.07 Å². The lowest BCUT2D eigenvalue weighted by Gasteiger charge is -2.26. The standard InChI is InChI=1S/C18H17F4N3O2S/c1-24-12(4-14(26)23-9-6-27-7-9)13-2-8(5-25(13)18(24)28)15-16(21)10(19)3-11(20)17(15)22/h3,8-9H,2,4-7H2,1H3,(H,23,26)/t8-/m0/s1. The number of benzene rings is 1. The second-order valence-corrected chi connectivity index (χ2v) is 7.47. The summed E-state index contributed by atoms with van der Waals surface area (Å²) >= 11 is 5.37. The Morgan fingerprint density at radius 2 is 1.89 bits per heavy atom. The Labute approximate surface area is 162 Å². The van der Waals surface area contributed by atoms with E-state index < -0.39 is 34.8 Å². The smallest absolute Gasteiger partial charge is 0.226 e. The number of hydrogen-bond donors (Lipinski definition) is 1. The fourth-order valence-corrected chi connectivity index (χ4v) is 4.10. The number of hydrogen-bond acceptors (Lipinski definition) is 3. The van der Waals surface area contributed by atoms with Gasteiger partial charge in [0.2, 0.25) is 5.91 Å². The van der Waals surface area contributed by atoms with Crippen molar-refractivity contribution in [2.75, 3.05) is 13.2 Å². The van der Waals surface area contributed by atoms with E-state index in [4.69, 9.17) is 17.0 Å². The summed E-state index contributed by atoms with van der Waals surface area (Å²) in [4.78, 5) is 12.3. The van der Waals surface area contributed by atoms with Crippen LogP contribution in [0.4, 0.5) is 17.6 Å². The summed E-state index contributed by atoms with van der Waals surface area (Å²) < 4.78 is 64.4. The number of rotatable bonds is 4.